The van der Waals surface area contributed by atoms with Crippen LogP contribution in [0.4, 0.5) is 11.4 Å². The van der Waals surface area contributed by atoms with E-state index in [-0.39, 0.29) is 18.4 Å². The Hall–Kier alpha value is -2.60. The lowest BCUT2D eigenvalue weighted by Gasteiger charge is -2.35. The highest BCUT2D eigenvalue weighted by atomic mass is 16.6. The van der Waals surface area contributed by atoms with Gasteiger partial charge in [-0.2, -0.15) is 0 Å². The van der Waals surface area contributed by atoms with Crippen LogP contribution in [0, 0.1) is 10.1 Å². The Bertz CT molecular complexity index is 675. The lowest BCUT2D eigenvalue weighted by molar-refractivity contribution is -0.384. The van der Waals surface area contributed by atoms with Gasteiger partial charge in [0.25, 0.3) is 5.69 Å². The summed E-state index contributed by atoms with van der Waals surface area (Å²) in [6.07, 6.45) is -0.335. The lowest BCUT2D eigenvalue weighted by Crippen LogP contribution is -2.41. The second kappa shape index (κ2) is 6.03. The minimum absolute atomic E-state index is 0.0304. The van der Waals surface area contributed by atoms with Crippen LogP contribution in [-0.4, -0.2) is 29.3 Å². The predicted molar refractivity (Wildman–Crippen MR) is 82.1 cm³/mol. The molecule has 2 aromatic carbocycles. The van der Waals surface area contributed by atoms with Crippen molar-refractivity contribution in [1.29, 1.82) is 0 Å². The average Bonchev–Trinajstić information content (AvgIpc) is 2.55. The maximum absolute atomic E-state index is 11.0. The standard InChI is InChI=1S/C16H16N2O4/c19-11-14-10-17(9-12-4-2-1-3-5-12)15-8-13(18(20)21)6-7-16(15)22-14/h1-8,14,19H,9-11H2/t14-/m1/s1. The monoisotopic (exact) mass is 300 g/mol. The number of rotatable bonds is 4. The second-order valence-electron chi connectivity index (χ2n) is 5.20. The molecule has 0 aromatic heterocycles. The van der Waals surface area contributed by atoms with Gasteiger partial charge in [-0.25, -0.2) is 0 Å². The first-order chi connectivity index (χ1) is 10.7. The Morgan fingerprint density at radius 3 is 2.73 bits per heavy atom. The quantitative estimate of drug-likeness (QED) is 0.693. The van der Waals surface area contributed by atoms with Gasteiger partial charge in [0.05, 0.1) is 23.8 Å². The van der Waals surface area contributed by atoms with Gasteiger partial charge in [0.15, 0.2) is 0 Å². The van der Waals surface area contributed by atoms with Gasteiger partial charge in [0.2, 0.25) is 0 Å². The number of nitro groups is 1. The van der Waals surface area contributed by atoms with E-state index in [1.807, 2.05) is 35.2 Å². The Balaban J connectivity index is 1.95. The molecule has 6 nitrogen and oxygen atoms in total. The van der Waals surface area contributed by atoms with Crippen LogP contribution in [0.5, 0.6) is 5.75 Å². The molecule has 0 saturated carbocycles. The topological polar surface area (TPSA) is 75.8 Å². The number of aliphatic hydroxyl groups excluding tert-OH is 1. The van der Waals surface area contributed by atoms with E-state index in [4.69, 9.17) is 4.74 Å². The van der Waals surface area contributed by atoms with Gasteiger partial charge < -0.3 is 14.7 Å². The summed E-state index contributed by atoms with van der Waals surface area (Å²) < 4.78 is 5.67. The van der Waals surface area contributed by atoms with E-state index in [0.29, 0.717) is 24.5 Å². The molecule has 1 atom stereocenters. The molecule has 3 rings (SSSR count). The first-order valence-corrected chi connectivity index (χ1v) is 7.02. The molecule has 0 unspecified atom stereocenters. The van der Waals surface area contributed by atoms with Crippen molar-refractivity contribution in [2.45, 2.75) is 12.6 Å². The van der Waals surface area contributed by atoms with Crippen LogP contribution in [-0.2, 0) is 6.54 Å². The third kappa shape index (κ3) is 2.87. The summed E-state index contributed by atoms with van der Waals surface area (Å²) in [6.45, 7) is 0.996. The Morgan fingerprint density at radius 2 is 2.05 bits per heavy atom. The number of hydrogen-bond acceptors (Lipinski definition) is 5. The Kier molecular flexibility index (Phi) is 3.93. The van der Waals surface area contributed by atoms with E-state index < -0.39 is 4.92 Å². The van der Waals surface area contributed by atoms with Crippen LogP contribution in [0.25, 0.3) is 0 Å². The summed E-state index contributed by atoms with van der Waals surface area (Å²) in [4.78, 5) is 12.6. The molecule has 2 aromatic rings. The average molecular weight is 300 g/mol. The van der Waals surface area contributed by atoms with Crippen LogP contribution in [0.15, 0.2) is 48.5 Å². The fourth-order valence-electron chi connectivity index (χ4n) is 2.58. The van der Waals surface area contributed by atoms with Crippen LogP contribution < -0.4 is 9.64 Å². The largest absolute Gasteiger partial charge is 0.484 e. The number of non-ortho nitro benzene ring substituents is 1. The van der Waals surface area contributed by atoms with E-state index >= 15 is 0 Å². The minimum atomic E-state index is -0.418. The van der Waals surface area contributed by atoms with Crippen molar-refractivity contribution in [2.24, 2.45) is 0 Å². The molecule has 6 heteroatoms. The number of ether oxygens (including phenoxy) is 1. The molecule has 0 spiro atoms. The molecule has 1 N–H and O–H groups in total. The summed E-state index contributed by atoms with van der Waals surface area (Å²) >= 11 is 0. The van der Waals surface area contributed by atoms with E-state index in [2.05, 4.69) is 0 Å². The third-order valence-electron chi connectivity index (χ3n) is 3.63. The van der Waals surface area contributed by atoms with Crippen molar-refractivity contribution in [2.75, 3.05) is 18.1 Å². The fourth-order valence-corrected chi connectivity index (χ4v) is 2.58. The van der Waals surface area contributed by atoms with E-state index in [1.54, 1.807) is 6.07 Å². The van der Waals surface area contributed by atoms with Gasteiger partial charge >= 0.3 is 0 Å². The summed E-state index contributed by atoms with van der Waals surface area (Å²) in [5.74, 6) is 0.562. The van der Waals surface area contributed by atoms with Crippen LogP contribution in [0.1, 0.15) is 5.56 Å². The molecule has 1 aliphatic heterocycles. The van der Waals surface area contributed by atoms with Crippen molar-refractivity contribution in [3.63, 3.8) is 0 Å². The first-order valence-electron chi connectivity index (χ1n) is 7.02. The Labute approximate surface area is 127 Å². The molecule has 0 aliphatic carbocycles. The maximum atomic E-state index is 11.0. The van der Waals surface area contributed by atoms with Gasteiger partial charge in [0, 0.05) is 18.7 Å². The maximum Gasteiger partial charge on any atom is 0.271 e. The molecule has 0 radical (unpaired) electrons. The normalized spacial score (nSPS) is 16.8. The lowest BCUT2D eigenvalue weighted by atomic mass is 10.1. The zero-order chi connectivity index (χ0) is 15.5. The Morgan fingerprint density at radius 1 is 1.27 bits per heavy atom. The number of nitro benzene ring substituents is 1. The molecule has 0 bridgehead atoms. The number of hydrogen-bond donors (Lipinski definition) is 1. The zero-order valence-electron chi connectivity index (χ0n) is 11.9. The highest BCUT2D eigenvalue weighted by Crippen LogP contribution is 2.37. The zero-order valence-corrected chi connectivity index (χ0v) is 11.9. The van der Waals surface area contributed by atoms with Gasteiger partial charge in [0.1, 0.15) is 11.9 Å². The molecular formula is C16H16N2O4. The number of anilines is 1. The second-order valence-corrected chi connectivity index (χ2v) is 5.20. The van der Waals surface area contributed by atoms with Crippen molar-refractivity contribution in [1.82, 2.24) is 0 Å². The van der Waals surface area contributed by atoms with E-state index in [9.17, 15) is 15.2 Å². The summed E-state index contributed by atoms with van der Waals surface area (Å²) in [7, 11) is 0. The highest BCUT2D eigenvalue weighted by molar-refractivity contribution is 5.64. The van der Waals surface area contributed by atoms with Crippen molar-refractivity contribution < 1.29 is 14.8 Å². The smallest absolute Gasteiger partial charge is 0.271 e. The molecule has 0 amide bonds. The number of fused-ring (bicyclic) bond motifs is 1. The van der Waals surface area contributed by atoms with Gasteiger partial charge in [-0.1, -0.05) is 30.3 Å². The first kappa shape index (κ1) is 14.3. The fraction of sp³-hybridized carbons (Fsp3) is 0.250. The third-order valence-corrected chi connectivity index (χ3v) is 3.63. The van der Waals surface area contributed by atoms with Crippen molar-refractivity contribution in [3.8, 4) is 5.75 Å². The highest BCUT2D eigenvalue weighted by Gasteiger charge is 2.27. The number of aliphatic hydroxyl groups is 1. The van der Waals surface area contributed by atoms with Gasteiger partial charge in [-0.05, 0) is 11.6 Å². The summed E-state index contributed by atoms with van der Waals surface area (Å²) in [6, 6.07) is 14.4. The molecule has 22 heavy (non-hydrogen) atoms. The molecule has 0 saturated heterocycles. The molecule has 1 aliphatic rings. The molecule has 114 valence electrons. The SMILES string of the molecule is O=[N+]([O-])c1ccc2c(c1)N(Cc1ccccc1)C[C@H](CO)O2. The predicted octanol–water partition coefficient (Wildman–Crippen LogP) is 2.35. The van der Waals surface area contributed by atoms with Gasteiger partial charge in [-0.3, -0.25) is 10.1 Å². The van der Waals surface area contributed by atoms with Gasteiger partial charge in [-0.15, -0.1) is 0 Å². The number of benzene rings is 2. The van der Waals surface area contributed by atoms with Crippen LogP contribution in [0.3, 0.4) is 0 Å². The van der Waals surface area contributed by atoms with Crippen LogP contribution >= 0.6 is 0 Å². The van der Waals surface area contributed by atoms with Crippen molar-refractivity contribution in [3.05, 3.63) is 64.2 Å². The molecule has 0 fully saturated rings. The minimum Gasteiger partial charge on any atom is -0.484 e. The summed E-state index contributed by atoms with van der Waals surface area (Å²) in [5.41, 5.74) is 1.81. The van der Waals surface area contributed by atoms with Crippen molar-refractivity contribution >= 4 is 11.4 Å². The molecular weight excluding hydrogens is 284 g/mol. The van der Waals surface area contributed by atoms with E-state index in [0.717, 1.165) is 5.56 Å². The van der Waals surface area contributed by atoms with Crippen LogP contribution in [0.2, 0.25) is 0 Å². The van der Waals surface area contributed by atoms with E-state index in [1.165, 1.54) is 12.1 Å². The number of nitrogens with zero attached hydrogens (tertiary/aromatic N) is 2. The summed E-state index contributed by atoms with van der Waals surface area (Å²) in [5, 5.41) is 20.4. The molecule has 1 heterocycles.